The van der Waals surface area contributed by atoms with Gasteiger partial charge in [-0.1, -0.05) is 25.2 Å². The summed E-state index contributed by atoms with van der Waals surface area (Å²) in [4.78, 5) is 7.31. The van der Waals surface area contributed by atoms with Crippen LogP contribution in [0.25, 0.3) is 0 Å². The van der Waals surface area contributed by atoms with Gasteiger partial charge in [-0.05, 0) is 0 Å². The van der Waals surface area contributed by atoms with Crippen molar-refractivity contribution in [3.8, 4) is 0 Å². The van der Waals surface area contributed by atoms with E-state index in [1.807, 2.05) is 0 Å². The third-order valence-corrected chi connectivity index (χ3v) is 7.65. The Bertz CT molecular complexity index is 608. The zero-order valence-corrected chi connectivity index (χ0v) is 17.6. The molecule has 6 heterocycles. The van der Waals surface area contributed by atoms with Crippen molar-refractivity contribution in [1.29, 1.82) is 0 Å². The van der Waals surface area contributed by atoms with Crippen LogP contribution in [-0.2, 0) is 14.9 Å². The first-order valence-corrected chi connectivity index (χ1v) is 11.2. The SMILES string of the molecule is C1CN2CCN1CC2.CC(C)(C)OC([O-])=NS(=O)(=O)[N+]12CCN(CC1)CC2. The van der Waals surface area contributed by atoms with Gasteiger partial charge < -0.3 is 9.84 Å². The van der Waals surface area contributed by atoms with E-state index in [1.54, 1.807) is 20.8 Å². The summed E-state index contributed by atoms with van der Waals surface area (Å²) in [5, 5.41) is 11.6. The van der Waals surface area contributed by atoms with Gasteiger partial charge in [-0.3, -0.25) is 14.7 Å². The van der Waals surface area contributed by atoms with E-state index in [-0.39, 0.29) is 3.89 Å². The first kappa shape index (κ1) is 20.8. The zero-order valence-electron chi connectivity index (χ0n) is 16.8. The second kappa shape index (κ2) is 7.82. The molecule has 0 N–H and O–H groups in total. The third kappa shape index (κ3) is 5.11. The van der Waals surface area contributed by atoms with Crippen LogP contribution < -0.4 is 5.11 Å². The van der Waals surface area contributed by atoms with Crippen LogP contribution in [0.5, 0.6) is 0 Å². The molecule has 0 spiro atoms. The van der Waals surface area contributed by atoms with Crippen LogP contribution in [0, 0.1) is 0 Å². The minimum absolute atomic E-state index is 0.108. The van der Waals surface area contributed by atoms with Gasteiger partial charge in [-0.2, -0.15) is 3.89 Å². The number of rotatable bonds is 2. The molecule has 6 aliphatic rings. The van der Waals surface area contributed by atoms with Crippen molar-refractivity contribution < 1.29 is 22.1 Å². The lowest BCUT2D eigenvalue weighted by atomic mass is 10.2. The van der Waals surface area contributed by atoms with E-state index in [9.17, 15) is 13.5 Å². The summed E-state index contributed by atoms with van der Waals surface area (Å²) in [7, 11) is -3.87. The zero-order chi connectivity index (χ0) is 19.7. The molecule has 9 nitrogen and oxygen atoms in total. The molecule has 0 aromatic heterocycles. The third-order valence-electron chi connectivity index (χ3n) is 5.74. The maximum atomic E-state index is 12.3. The molecule has 10 heteroatoms. The number of hydrogen-bond acceptors (Lipinski definition) is 7. The summed E-state index contributed by atoms with van der Waals surface area (Å²) >= 11 is 0. The molecule has 0 atom stereocenters. The Labute approximate surface area is 163 Å². The van der Waals surface area contributed by atoms with Gasteiger partial charge in [0.2, 0.25) is 0 Å². The minimum Gasteiger partial charge on any atom is -0.594 e. The Hall–Kier alpha value is -0.940. The van der Waals surface area contributed by atoms with E-state index in [0.717, 1.165) is 19.6 Å². The van der Waals surface area contributed by atoms with Crippen LogP contribution in [0.2, 0.25) is 0 Å². The number of ether oxygens (including phenoxy) is 1. The normalized spacial score (nSPS) is 36.1. The number of nitrogens with zero attached hydrogens (tertiary/aromatic N) is 5. The van der Waals surface area contributed by atoms with E-state index < -0.39 is 21.9 Å². The topological polar surface area (TPSA) is 88.5 Å². The van der Waals surface area contributed by atoms with Gasteiger partial charge in [-0.15, -0.1) is 8.42 Å². The van der Waals surface area contributed by atoms with Crippen molar-refractivity contribution in [2.24, 2.45) is 4.40 Å². The number of hydrogen-bond donors (Lipinski definition) is 0. The molecule has 4 bridgehead atoms. The Kier molecular flexibility index (Phi) is 6.02. The quantitative estimate of drug-likeness (QED) is 0.316. The molecular formula is C17H33N5O4S. The van der Waals surface area contributed by atoms with Crippen molar-refractivity contribution in [2.45, 2.75) is 26.4 Å². The molecule has 0 radical (unpaired) electrons. The van der Waals surface area contributed by atoms with E-state index in [1.165, 1.54) is 39.3 Å². The van der Waals surface area contributed by atoms with E-state index >= 15 is 0 Å². The smallest absolute Gasteiger partial charge is 0.416 e. The van der Waals surface area contributed by atoms with E-state index in [2.05, 4.69) is 19.1 Å². The Balaban J connectivity index is 0.000000216. The molecule has 0 aliphatic carbocycles. The average Bonchev–Trinajstić information content (AvgIpc) is 2.63. The summed E-state index contributed by atoms with van der Waals surface area (Å²) in [6.07, 6.45) is -1.02. The molecule has 156 valence electrons. The molecule has 6 saturated heterocycles. The van der Waals surface area contributed by atoms with Gasteiger partial charge in [0.1, 0.15) is 19.6 Å². The second-order valence-electron chi connectivity index (χ2n) is 8.77. The summed E-state index contributed by atoms with van der Waals surface area (Å²) in [5.74, 6) is 0. The van der Waals surface area contributed by atoms with Crippen molar-refractivity contribution in [2.75, 3.05) is 78.5 Å². The molecule has 6 aliphatic heterocycles. The van der Waals surface area contributed by atoms with Crippen molar-refractivity contribution in [1.82, 2.24) is 14.7 Å². The number of piperazine rings is 6. The highest BCUT2D eigenvalue weighted by molar-refractivity contribution is 7.84. The van der Waals surface area contributed by atoms with Crippen LogP contribution in [0.15, 0.2) is 4.40 Å². The lowest BCUT2D eigenvalue weighted by Gasteiger charge is -2.47. The Morgan fingerprint density at radius 3 is 1.56 bits per heavy atom. The number of fused-ring (bicyclic) bond motifs is 6. The summed E-state index contributed by atoms with van der Waals surface area (Å²) < 4.78 is 32.9. The van der Waals surface area contributed by atoms with Crippen molar-refractivity contribution in [3.05, 3.63) is 0 Å². The summed E-state index contributed by atoms with van der Waals surface area (Å²) in [6.45, 7) is 16.7. The fourth-order valence-electron chi connectivity index (χ4n) is 3.97. The molecule has 0 saturated carbocycles. The van der Waals surface area contributed by atoms with Gasteiger partial charge in [0.15, 0.2) is 6.08 Å². The van der Waals surface area contributed by atoms with E-state index in [0.29, 0.717) is 19.6 Å². The first-order chi connectivity index (χ1) is 12.6. The molecular weight excluding hydrogens is 370 g/mol. The average molecular weight is 404 g/mol. The Morgan fingerprint density at radius 2 is 1.22 bits per heavy atom. The molecule has 0 unspecified atom stereocenters. The van der Waals surface area contributed by atoms with Gasteiger partial charge in [0, 0.05) is 64.5 Å². The molecule has 0 amide bonds. The highest BCUT2D eigenvalue weighted by Crippen LogP contribution is 2.25. The van der Waals surface area contributed by atoms with Crippen LogP contribution in [0.1, 0.15) is 20.8 Å². The number of quaternary nitrogens is 1. The van der Waals surface area contributed by atoms with Gasteiger partial charge in [0.25, 0.3) is 0 Å². The molecule has 0 aromatic rings. The molecule has 6 fully saturated rings. The first-order valence-electron chi connectivity index (χ1n) is 9.83. The fraction of sp³-hybridized carbons (Fsp3) is 0.941. The van der Waals surface area contributed by atoms with Crippen LogP contribution in [0.3, 0.4) is 0 Å². The lowest BCUT2D eigenvalue weighted by Crippen LogP contribution is -2.68. The molecule has 27 heavy (non-hydrogen) atoms. The Morgan fingerprint density at radius 1 is 0.852 bits per heavy atom. The predicted molar refractivity (Wildman–Crippen MR) is 101 cm³/mol. The highest BCUT2D eigenvalue weighted by atomic mass is 32.2. The maximum Gasteiger partial charge on any atom is 0.416 e. The fourth-order valence-corrected chi connectivity index (χ4v) is 5.30. The second-order valence-corrected chi connectivity index (χ2v) is 10.6. The monoisotopic (exact) mass is 403 g/mol. The van der Waals surface area contributed by atoms with Crippen LogP contribution in [-0.4, -0.2) is 117 Å². The summed E-state index contributed by atoms with van der Waals surface area (Å²) in [5.41, 5.74) is -0.739. The minimum atomic E-state index is -3.87. The van der Waals surface area contributed by atoms with Crippen LogP contribution in [0.4, 0.5) is 0 Å². The maximum absolute atomic E-state index is 12.3. The molecule has 6 rings (SSSR count). The highest BCUT2D eigenvalue weighted by Gasteiger charge is 2.48. The predicted octanol–water partition coefficient (Wildman–Crippen LogP) is -1.47. The summed E-state index contributed by atoms with van der Waals surface area (Å²) in [6, 6.07) is 0. The van der Waals surface area contributed by atoms with Gasteiger partial charge in [0.05, 0.1) is 0 Å². The van der Waals surface area contributed by atoms with Gasteiger partial charge >= 0.3 is 10.2 Å². The lowest BCUT2D eigenvalue weighted by molar-refractivity contribution is -0.823. The van der Waals surface area contributed by atoms with Gasteiger partial charge in [-0.25, -0.2) is 0 Å². The standard InChI is InChI=1S/C11H21N3O4S.C6H12N2/c1-11(2,3)18-10(15)12-19(16,17)14-7-4-13(5-8-14)6-9-14;1-2-8-5-3-7(1)4-6-8/h4-9H2,1-3H3;1-6H2. The molecule has 0 aromatic carbocycles. The van der Waals surface area contributed by atoms with Crippen molar-refractivity contribution in [3.63, 3.8) is 0 Å². The van der Waals surface area contributed by atoms with E-state index in [4.69, 9.17) is 4.74 Å². The largest absolute Gasteiger partial charge is 0.594 e. The van der Waals surface area contributed by atoms with Crippen LogP contribution >= 0.6 is 0 Å². The van der Waals surface area contributed by atoms with Crippen molar-refractivity contribution >= 4 is 16.3 Å².